The maximum atomic E-state index is 12.9. The normalized spacial score (nSPS) is 15.3. The predicted octanol–water partition coefficient (Wildman–Crippen LogP) is 3.53. The first-order chi connectivity index (χ1) is 12.7. The Balaban J connectivity index is 1.39. The SMILES string of the molecule is Cc1nc(-c2ccsc2)sc1C(=O)N1CCN(Cc2cccnc2)CC1. The first-order valence-electron chi connectivity index (χ1n) is 8.61. The summed E-state index contributed by atoms with van der Waals surface area (Å²) in [5.41, 5.74) is 3.15. The summed E-state index contributed by atoms with van der Waals surface area (Å²) in [5.74, 6) is 0.113. The molecule has 0 spiro atoms. The van der Waals surface area contributed by atoms with Gasteiger partial charge in [-0.25, -0.2) is 4.98 Å². The van der Waals surface area contributed by atoms with E-state index >= 15 is 0 Å². The van der Waals surface area contributed by atoms with Crippen LogP contribution < -0.4 is 0 Å². The van der Waals surface area contributed by atoms with Gasteiger partial charge in [-0.3, -0.25) is 14.7 Å². The molecule has 0 N–H and O–H groups in total. The van der Waals surface area contributed by atoms with Crippen LogP contribution in [0.3, 0.4) is 0 Å². The Morgan fingerprint density at radius 3 is 2.77 bits per heavy atom. The van der Waals surface area contributed by atoms with Crippen molar-refractivity contribution in [3.8, 4) is 10.6 Å². The zero-order valence-electron chi connectivity index (χ0n) is 14.6. The Morgan fingerprint density at radius 2 is 2.08 bits per heavy atom. The molecule has 134 valence electrons. The molecule has 3 aromatic rings. The summed E-state index contributed by atoms with van der Waals surface area (Å²) in [4.78, 5) is 26.8. The molecule has 4 rings (SSSR count). The fourth-order valence-electron chi connectivity index (χ4n) is 3.11. The van der Waals surface area contributed by atoms with Gasteiger partial charge in [-0.05, 0) is 30.0 Å². The first kappa shape index (κ1) is 17.3. The summed E-state index contributed by atoms with van der Waals surface area (Å²) in [6, 6.07) is 6.11. The van der Waals surface area contributed by atoms with Gasteiger partial charge in [-0.1, -0.05) is 6.07 Å². The van der Waals surface area contributed by atoms with Crippen molar-refractivity contribution in [2.75, 3.05) is 26.2 Å². The van der Waals surface area contributed by atoms with Crippen molar-refractivity contribution in [3.63, 3.8) is 0 Å². The zero-order chi connectivity index (χ0) is 17.9. The minimum Gasteiger partial charge on any atom is -0.335 e. The number of carbonyl (C=O) groups is 1. The van der Waals surface area contributed by atoms with Crippen LogP contribution in [-0.4, -0.2) is 51.9 Å². The largest absolute Gasteiger partial charge is 0.335 e. The molecule has 1 aliphatic heterocycles. The molecule has 0 atom stereocenters. The molecular formula is C19H20N4OS2. The molecule has 0 radical (unpaired) electrons. The van der Waals surface area contributed by atoms with Crippen molar-refractivity contribution in [1.29, 1.82) is 0 Å². The molecule has 0 bridgehead atoms. The van der Waals surface area contributed by atoms with E-state index in [0.717, 1.165) is 53.9 Å². The minimum atomic E-state index is 0.113. The standard InChI is InChI=1S/C19H20N4OS2/c1-14-17(26-18(21-14)16-4-10-25-13-16)19(24)23-8-6-22(7-9-23)12-15-3-2-5-20-11-15/h2-5,10-11,13H,6-9,12H2,1H3. The zero-order valence-corrected chi connectivity index (χ0v) is 16.2. The van der Waals surface area contributed by atoms with Gasteiger partial charge in [0, 0.05) is 56.1 Å². The Labute approximate surface area is 160 Å². The summed E-state index contributed by atoms with van der Waals surface area (Å²) in [6.45, 7) is 6.09. The number of carbonyl (C=O) groups excluding carboxylic acids is 1. The molecule has 5 nitrogen and oxygen atoms in total. The second-order valence-corrected chi connectivity index (χ2v) is 8.15. The molecule has 1 fully saturated rings. The van der Waals surface area contributed by atoms with Crippen LogP contribution in [0.1, 0.15) is 20.9 Å². The highest BCUT2D eigenvalue weighted by Crippen LogP contribution is 2.30. The predicted molar refractivity (Wildman–Crippen MR) is 106 cm³/mol. The van der Waals surface area contributed by atoms with E-state index in [9.17, 15) is 4.79 Å². The number of thiophene rings is 1. The van der Waals surface area contributed by atoms with Crippen LogP contribution in [0.5, 0.6) is 0 Å². The van der Waals surface area contributed by atoms with Crippen molar-refractivity contribution >= 4 is 28.6 Å². The number of aryl methyl sites for hydroxylation is 1. The lowest BCUT2D eigenvalue weighted by Gasteiger charge is -2.34. The van der Waals surface area contributed by atoms with Crippen molar-refractivity contribution in [2.24, 2.45) is 0 Å². The van der Waals surface area contributed by atoms with Gasteiger partial charge in [0.15, 0.2) is 0 Å². The molecule has 1 amide bonds. The van der Waals surface area contributed by atoms with Crippen molar-refractivity contribution < 1.29 is 4.79 Å². The fourth-order valence-corrected chi connectivity index (χ4v) is 4.85. The highest BCUT2D eigenvalue weighted by Gasteiger charge is 2.25. The smallest absolute Gasteiger partial charge is 0.265 e. The van der Waals surface area contributed by atoms with Crippen LogP contribution >= 0.6 is 22.7 Å². The van der Waals surface area contributed by atoms with Gasteiger partial charge >= 0.3 is 0 Å². The Morgan fingerprint density at radius 1 is 1.23 bits per heavy atom. The lowest BCUT2D eigenvalue weighted by atomic mass is 10.2. The topological polar surface area (TPSA) is 49.3 Å². The van der Waals surface area contributed by atoms with E-state index in [1.165, 1.54) is 16.9 Å². The van der Waals surface area contributed by atoms with E-state index in [-0.39, 0.29) is 5.91 Å². The van der Waals surface area contributed by atoms with Gasteiger partial charge in [0.2, 0.25) is 0 Å². The Bertz CT molecular complexity index is 868. The molecule has 0 aromatic carbocycles. The van der Waals surface area contributed by atoms with Crippen LogP contribution in [-0.2, 0) is 6.54 Å². The van der Waals surface area contributed by atoms with Crippen molar-refractivity contribution in [1.82, 2.24) is 19.8 Å². The Kier molecular flexibility index (Phi) is 5.10. The molecule has 1 aliphatic rings. The number of amides is 1. The van der Waals surface area contributed by atoms with E-state index < -0.39 is 0 Å². The van der Waals surface area contributed by atoms with Crippen LogP contribution in [0.2, 0.25) is 0 Å². The van der Waals surface area contributed by atoms with Gasteiger partial charge in [0.1, 0.15) is 9.88 Å². The average Bonchev–Trinajstić information content (AvgIpc) is 3.32. The number of rotatable bonds is 4. The summed E-state index contributed by atoms with van der Waals surface area (Å²) in [5, 5.41) is 5.04. The molecule has 7 heteroatoms. The number of aromatic nitrogens is 2. The lowest BCUT2D eigenvalue weighted by molar-refractivity contribution is 0.0632. The van der Waals surface area contributed by atoms with Crippen molar-refractivity contribution in [2.45, 2.75) is 13.5 Å². The van der Waals surface area contributed by atoms with Crippen LogP contribution in [0.4, 0.5) is 0 Å². The molecule has 0 unspecified atom stereocenters. The van der Waals surface area contributed by atoms with E-state index in [4.69, 9.17) is 0 Å². The first-order valence-corrected chi connectivity index (χ1v) is 10.4. The third kappa shape index (κ3) is 3.70. The summed E-state index contributed by atoms with van der Waals surface area (Å²) >= 11 is 3.15. The number of hydrogen-bond acceptors (Lipinski definition) is 6. The van der Waals surface area contributed by atoms with Crippen molar-refractivity contribution in [3.05, 3.63) is 57.5 Å². The van der Waals surface area contributed by atoms with Gasteiger partial charge in [-0.2, -0.15) is 11.3 Å². The van der Waals surface area contributed by atoms with Gasteiger partial charge in [0.25, 0.3) is 5.91 Å². The maximum absolute atomic E-state index is 12.9. The maximum Gasteiger partial charge on any atom is 0.265 e. The lowest BCUT2D eigenvalue weighted by Crippen LogP contribution is -2.48. The van der Waals surface area contributed by atoms with E-state index in [2.05, 4.69) is 32.4 Å². The van der Waals surface area contributed by atoms with Crippen LogP contribution in [0.25, 0.3) is 10.6 Å². The molecule has 1 saturated heterocycles. The monoisotopic (exact) mass is 384 g/mol. The van der Waals surface area contributed by atoms with Gasteiger partial charge in [0.05, 0.1) is 5.69 Å². The van der Waals surface area contributed by atoms with Gasteiger partial charge < -0.3 is 4.90 Å². The van der Waals surface area contributed by atoms with Gasteiger partial charge in [-0.15, -0.1) is 11.3 Å². The fraction of sp³-hybridized carbons (Fsp3) is 0.316. The average molecular weight is 385 g/mol. The number of nitrogens with zero attached hydrogens (tertiary/aromatic N) is 4. The molecule has 3 aromatic heterocycles. The summed E-state index contributed by atoms with van der Waals surface area (Å²) in [6.07, 6.45) is 3.70. The van der Waals surface area contributed by atoms with Crippen LogP contribution in [0.15, 0.2) is 41.4 Å². The number of piperazine rings is 1. The highest BCUT2D eigenvalue weighted by molar-refractivity contribution is 7.17. The summed E-state index contributed by atoms with van der Waals surface area (Å²) < 4.78 is 0. The number of thiazole rings is 1. The Hall–Kier alpha value is -2.09. The number of pyridine rings is 1. The summed E-state index contributed by atoms with van der Waals surface area (Å²) in [7, 11) is 0. The molecular weight excluding hydrogens is 364 g/mol. The van der Waals surface area contributed by atoms with Crippen LogP contribution in [0, 0.1) is 6.92 Å². The molecule has 26 heavy (non-hydrogen) atoms. The minimum absolute atomic E-state index is 0.113. The van der Waals surface area contributed by atoms with E-state index in [1.54, 1.807) is 17.5 Å². The van der Waals surface area contributed by atoms with E-state index in [0.29, 0.717) is 0 Å². The second kappa shape index (κ2) is 7.65. The molecule has 4 heterocycles. The highest BCUT2D eigenvalue weighted by atomic mass is 32.1. The third-order valence-electron chi connectivity index (χ3n) is 4.55. The second-order valence-electron chi connectivity index (χ2n) is 6.38. The molecule has 0 aliphatic carbocycles. The quantitative estimate of drug-likeness (QED) is 0.690. The number of hydrogen-bond donors (Lipinski definition) is 0. The van der Waals surface area contributed by atoms with E-state index in [1.807, 2.05) is 29.5 Å². The third-order valence-corrected chi connectivity index (χ3v) is 6.43. The molecule has 0 saturated carbocycles.